The van der Waals surface area contributed by atoms with E-state index < -0.39 is 0 Å². The highest BCUT2D eigenvalue weighted by Crippen LogP contribution is 2.48. The Kier molecular flexibility index (Phi) is 2.83. The van der Waals surface area contributed by atoms with E-state index in [9.17, 15) is 4.79 Å². The van der Waals surface area contributed by atoms with Crippen molar-refractivity contribution in [2.75, 3.05) is 13.7 Å². The highest BCUT2D eigenvalue weighted by atomic mass is 16.5. The predicted octanol–water partition coefficient (Wildman–Crippen LogP) is 0.759. The van der Waals surface area contributed by atoms with Crippen LogP contribution in [0.1, 0.15) is 18.4 Å². The van der Waals surface area contributed by atoms with Crippen LogP contribution in [-0.2, 0) is 10.3 Å². The molecule has 16 heavy (non-hydrogen) atoms. The average molecular weight is 220 g/mol. The molecule has 0 spiro atoms. The maximum Gasteiger partial charge on any atom is 0.234 e. The SMILES string of the molecule is COc1ccccc1C1(NC(=O)CN)CC1. The van der Waals surface area contributed by atoms with Crippen LogP contribution in [0.15, 0.2) is 24.3 Å². The van der Waals surface area contributed by atoms with Crippen molar-refractivity contribution in [2.24, 2.45) is 5.73 Å². The van der Waals surface area contributed by atoms with Gasteiger partial charge >= 0.3 is 0 Å². The van der Waals surface area contributed by atoms with Gasteiger partial charge in [0.1, 0.15) is 5.75 Å². The molecule has 0 unspecified atom stereocenters. The van der Waals surface area contributed by atoms with Gasteiger partial charge in [-0.15, -0.1) is 0 Å². The molecule has 0 aromatic heterocycles. The Bertz CT molecular complexity index is 400. The first kappa shape index (κ1) is 11.0. The van der Waals surface area contributed by atoms with Crippen molar-refractivity contribution < 1.29 is 9.53 Å². The van der Waals surface area contributed by atoms with Gasteiger partial charge in [0.2, 0.25) is 5.91 Å². The summed E-state index contributed by atoms with van der Waals surface area (Å²) in [6, 6.07) is 7.77. The van der Waals surface area contributed by atoms with Crippen LogP contribution >= 0.6 is 0 Å². The Morgan fingerprint density at radius 2 is 2.19 bits per heavy atom. The van der Waals surface area contributed by atoms with Crippen molar-refractivity contribution in [3.63, 3.8) is 0 Å². The number of methoxy groups -OCH3 is 1. The highest BCUT2D eigenvalue weighted by Gasteiger charge is 2.47. The van der Waals surface area contributed by atoms with Gasteiger partial charge < -0.3 is 15.8 Å². The second-order valence-corrected chi connectivity index (χ2v) is 4.03. The zero-order chi connectivity index (χ0) is 11.6. The Morgan fingerprint density at radius 3 is 2.75 bits per heavy atom. The molecule has 1 fully saturated rings. The molecule has 1 amide bonds. The number of para-hydroxylation sites is 1. The fourth-order valence-electron chi connectivity index (χ4n) is 1.94. The number of carbonyl (C=O) groups excluding carboxylic acids is 1. The molecule has 0 aliphatic heterocycles. The third-order valence-corrected chi connectivity index (χ3v) is 2.94. The molecule has 4 nitrogen and oxygen atoms in total. The van der Waals surface area contributed by atoms with Gasteiger partial charge in [0.15, 0.2) is 0 Å². The molecule has 1 saturated carbocycles. The summed E-state index contributed by atoms with van der Waals surface area (Å²) < 4.78 is 5.30. The lowest BCUT2D eigenvalue weighted by Gasteiger charge is -2.20. The van der Waals surface area contributed by atoms with Gasteiger partial charge in [-0.3, -0.25) is 4.79 Å². The second kappa shape index (κ2) is 4.14. The van der Waals surface area contributed by atoms with Crippen LogP contribution in [0.25, 0.3) is 0 Å². The first-order valence-electron chi connectivity index (χ1n) is 5.36. The van der Waals surface area contributed by atoms with Crippen LogP contribution in [0.4, 0.5) is 0 Å². The van der Waals surface area contributed by atoms with Crippen LogP contribution in [0.5, 0.6) is 5.75 Å². The van der Waals surface area contributed by atoms with Crippen LogP contribution in [-0.4, -0.2) is 19.6 Å². The minimum atomic E-state index is -0.247. The monoisotopic (exact) mass is 220 g/mol. The number of hydrogen-bond acceptors (Lipinski definition) is 3. The van der Waals surface area contributed by atoms with E-state index in [1.807, 2.05) is 24.3 Å². The summed E-state index contributed by atoms with van der Waals surface area (Å²) in [5.41, 5.74) is 6.11. The lowest BCUT2D eigenvalue weighted by Crippen LogP contribution is -2.39. The second-order valence-electron chi connectivity index (χ2n) is 4.03. The Balaban J connectivity index is 2.26. The number of nitrogens with two attached hydrogens (primary N) is 1. The van der Waals surface area contributed by atoms with Crippen molar-refractivity contribution in [1.29, 1.82) is 0 Å². The van der Waals surface area contributed by atoms with Gasteiger partial charge in [-0.1, -0.05) is 18.2 Å². The molecule has 0 radical (unpaired) electrons. The quantitative estimate of drug-likeness (QED) is 0.787. The van der Waals surface area contributed by atoms with E-state index in [0.717, 1.165) is 24.2 Å². The molecule has 0 saturated heterocycles. The summed E-state index contributed by atoms with van der Waals surface area (Å²) >= 11 is 0. The van der Waals surface area contributed by atoms with Crippen molar-refractivity contribution >= 4 is 5.91 Å². The Labute approximate surface area is 94.8 Å². The van der Waals surface area contributed by atoms with E-state index in [4.69, 9.17) is 10.5 Å². The summed E-state index contributed by atoms with van der Waals surface area (Å²) in [7, 11) is 1.64. The van der Waals surface area contributed by atoms with E-state index in [-0.39, 0.29) is 18.0 Å². The molecular weight excluding hydrogens is 204 g/mol. The number of carbonyl (C=O) groups is 1. The third-order valence-electron chi connectivity index (χ3n) is 2.94. The van der Waals surface area contributed by atoms with E-state index in [2.05, 4.69) is 5.32 Å². The first-order valence-corrected chi connectivity index (χ1v) is 5.36. The number of amides is 1. The molecule has 0 atom stereocenters. The van der Waals surface area contributed by atoms with Gasteiger partial charge in [0.25, 0.3) is 0 Å². The van der Waals surface area contributed by atoms with E-state index >= 15 is 0 Å². The van der Waals surface area contributed by atoms with E-state index in [1.165, 1.54) is 0 Å². The van der Waals surface area contributed by atoms with Gasteiger partial charge in [-0.25, -0.2) is 0 Å². The molecule has 86 valence electrons. The Morgan fingerprint density at radius 1 is 1.50 bits per heavy atom. The fraction of sp³-hybridized carbons (Fsp3) is 0.417. The van der Waals surface area contributed by atoms with Crippen LogP contribution in [0, 0.1) is 0 Å². The molecule has 2 rings (SSSR count). The minimum absolute atomic E-state index is 0.0247. The van der Waals surface area contributed by atoms with Crippen molar-refractivity contribution in [1.82, 2.24) is 5.32 Å². The van der Waals surface area contributed by atoms with Gasteiger partial charge in [0, 0.05) is 5.56 Å². The van der Waals surface area contributed by atoms with Crippen LogP contribution in [0.3, 0.4) is 0 Å². The molecule has 1 aliphatic carbocycles. The van der Waals surface area contributed by atoms with Crippen molar-refractivity contribution in [3.8, 4) is 5.75 Å². The molecule has 1 aromatic carbocycles. The van der Waals surface area contributed by atoms with Crippen LogP contribution < -0.4 is 15.8 Å². The van der Waals surface area contributed by atoms with Gasteiger partial charge in [0.05, 0.1) is 19.2 Å². The van der Waals surface area contributed by atoms with E-state index in [0.29, 0.717) is 0 Å². The van der Waals surface area contributed by atoms with Gasteiger partial charge in [-0.2, -0.15) is 0 Å². The number of nitrogens with one attached hydrogen (secondary N) is 1. The zero-order valence-electron chi connectivity index (χ0n) is 9.32. The van der Waals surface area contributed by atoms with E-state index in [1.54, 1.807) is 7.11 Å². The lowest BCUT2D eigenvalue weighted by atomic mass is 10.0. The van der Waals surface area contributed by atoms with Crippen molar-refractivity contribution in [2.45, 2.75) is 18.4 Å². The number of ether oxygens (including phenoxy) is 1. The van der Waals surface area contributed by atoms with Crippen LogP contribution in [0.2, 0.25) is 0 Å². The summed E-state index contributed by atoms with van der Waals surface area (Å²) in [5.74, 6) is 0.695. The zero-order valence-corrected chi connectivity index (χ0v) is 9.32. The van der Waals surface area contributed by atoms with Crippen molar-refractivity contribution in [3.05, 3.63) is 29.8 Å². The minimum Gasteiger partial charge on any atom is -0.496 e. The number of rotatable bonds is 4. The summed E-state index contributed by atoms with van der Waals surface area (Å²) in [5, 5.41) is 2.96. The maximum atomic E-state index is 11.4. The third kappa shape index (κ3) is 1.88. The predicted molar refractivity (Wildman–Crippen MR) is 61.1 cm³/mol. The molecule has 1 aliphatic rings. The molecule has 3 N–H and O–H groups in total. The maximum absolute atomic E-state index is 11.4. The standard InChI is InChI=1S/C12H16N2O2/c1-16-10-5-3-2-4-9(10)12(6-7-12)14-11(15)8-13/h2-5H,6-8,13H2,1H3,(H,14,15). The highest BCUT2D eigenvalue weighted by molar-refractivity contribution is 5.79. The molecule has 4 heteroatoms. The normalized spacial score (nSPS) is 16.6. The summed E-state index contributed by atoms with van der Waals surface area (Å²) in [6.07, 6.45) is 1.89. The van der Waals surface area contributed by atoms with Gasteiger partial charge in [-0.05, 0) is 18.9 Å². The first-order chi connectivity index (χ1) is 7.72. The smallest absolute Gasteiger partial charge is 0.234 e. The number of benzene rings is 1. The Hall–Kier alpha value is -1.55. The lowest BCUT2D eigenvalue weighted by molar-refractivity contribution is -0.120. The number of hydrogen-bond donors (Lipinski definition) is 2. The average Bonchev–Trinajstić information content (AvgIpc) is 3.09. The molecule has 0 heterocycles. The summed E-state index contributed by atoms with van der Waals surface area (Å²) in [6.45, 7) is 0.0247. The molecule has 0 bridgehead atoms. The fourth-order valence-corrected chi connectivity index (χ4v) is 1.94. The molecule has 1 aromatic rings. The summed E-state index contributed by atoms with van der Waals surface area (Å²) in [4.78, 5) is 11.4. The molecular formula is C12H16N2O2. The topological polar surface area (TPSA) is 64.3 Å². The largest absolute Gasteiger partial charge is 0.496 e.